The summed E-state index contributed by atoms with van der Waals surface area (Å²) in [5, 5.41) is 11.1. The van der Waals surface area contributed by atoms with Crippen molar-refractivity contribution < 1.29 is 0 Å². The molecule has 8 rings (SSSR count). The molecule has 0 aromatic heterocycles. The minimum atomic E-state index is -2.01. The fraction of sp³-hybridized carbons (Fsp3) is 0.0417. The Morgan fingerprint density at radius 3 is 0.720 bits per heavy atom. The van der Waals surface area contributed by atoms with Gasteiger partial charge in [-0.25, -0.2) is 0 Å². The molecule has 0 atom stereocenters. The molecular weight excluding hydrogens is 638 g/mol. The van der Waals surface area contributed by atoms with Crippen LogP contribution >= 0.6 is 14.5 Å². The van der Waals surface area contributed by atoms with Crippen molar-refractivity contribution in [1.82, 2.24) is 0 Å². The molecular formula is C48H40P2+2. The Bertz CT molecular complexity index is 1930. The fourth-order valence-corrected chi connectivity index (χ4v) is 16.1. The molecule has 0 radical (unpaired) electrons. The first-order valence-electron chi connectivity index (χ1n) is 17.4. The van der Waals surface area contributed by atoms with E-state index in [2.05, 4.69) is 218 Å². The highest BCUT2D eigenvalue weighted by Gasteiger charge is 2.46. The van der Waals surface area contributed by atoms with Gasteiger partial charge < -0.3 is 0 Å². The maximum absolute atomic E-state index is 2.47. The van der Waals surface area contributed by atoms with Gasteiger partial charge in [-0.3, -0.25) is 0 Å². The first-order valence-corrected chi connectivity index (χ1v) is 21.3. The predicted octanol–water partition coefficient (Wildman–Crippen LogP) is 9.83. The number of rotatable bonds is 10. The van der Waals surface area contributed by atoms with Gasteiger partial charge in [0.1, 0.15) is 46.4 Å². The van der Waals surface area contributed by atoms with Crippen LogP contribution in [0.25, 0.3) is 10.8 Å². The molecule has 0 saturated carbocycles. The lowest BCUT2D eigenvalue weighted by atomic mass is 10.1. The van der Waals surface area contributed by atoms with E-state index in [-0.39, 0.29) is 0 Å². The van der Waals surface area contributed by atoms with Crippen molar-refractivity contribution in [3.63, 3.8) is 0 Å². The Morgan fingerprint density at radius 1 is 0.240 bits per heavy atom. The minimum absolute atomic E-state index is 0.959. The molecule has 0 nitrogen and oxygen atoms in total. The number of benzene rings is 8. The van der Waals surface area contributed by atoms with Gasteiger partial charge in [0.15, 0.2) is 0 Å². The topological polar surface area (TPSA) is 0 Å². The van der Waals surface area contributed by atoms with E-state index in [0.29, 0.717) is 0 Å². The van der Waals surface area contributed by atoms with E-state index in [1.54, 1.807) is 0 Å². The first-order chi connectivity index (χ1) is 24.8. The summed E-state index contributed by atoms with van der Waals surface area (Å²) in [5.41, 5.74) is 2.74. The molecule has 0 amide bonds. The lowest BCUT2D eigenvalue weighted by Gasteiger charge is -2.28. The van der Waals surface area contributed by atoms with Crippen LogP contribution in [0, 0.1) is 0 Å². The summed E-state index contributed by atoms with van der Waals surface area (Å²) in [6.07, 6.45) is 1.92. The number of fused-ring (bicyclic) bond motifs is 1. The normalized spacial score (nSPS) is 11.8. The summed E-state index contributed by atoms with van der Waals surface area (Å²) in [6, 6.07) is 81.6. The van der Waals surface area contributed by atoms with Crippen LogP contribution in [0.1, 0.15) is 11.1 Å². The van der Waals surface area contributed by atoms with Crippen molar-refractivity contribution in [1.29, 1.82) is 0 Å². The number of hydrogen-bond donors (Lipinski definition) is 0. The zero-order valence-corrected chi connectivity index (χ0v) is 29.9. The van der Waals surface area contributed by atoms with Crippen LogP contribution in [-0.4, -0.2) is 0 Å². The zero-order chi connectivity index (χ0) is 33.6. The van der Waals surface area contributed by atoms with Gasteiger partial charge in [0.2, 0.25) is 0 Å². The van der Waals surface area contributed by atoms with Crippen LogP contribution in [-0.2, 0) is 12.3 Å². The molecule has 0 fully saturated rings. The van der Waals surface area contributed by atoms with Gasteiger partial charge in [-0.1, -0.05) is 133 Å². The Kier molecular flexibility index (Phi) is 9.24. The zero-order valence-electron chi connectivity index (χ0n) is 28.1. The van der Waals surface area contributed by atoms with Crippen LogP contribution in [0.3, 0.4) is 0 Å². The van der Waals surface area contributed by atoms with Gasteiger partial charge in [-0.05, 0) is 107 Å². The molecule has 0 aliphatic heterocycles. The van der Waals surface area contributed by atoms with Crippen molar-refractivity contribution in [2.45, 2.75) is 12.3 Å². The van der Waals surface area contributed by atoms with E-state index in [1.165, 1.54) is 53.7 Å². The lowest BCUT2D eigenvalue weighted by molar-refractivity contribution is 1.38. The SMILES string of the molecule is c1ccc([P+](Cc2ccc3ccc(C[P+](c4ccccc4)(c4ccccc4)c4ccccc4)cc3c2)(c2ccccc2)c2ccccc2)cc1. The summed E-state index contributed by atoms with van der Waals surface area (Å²) < 4.78 is 0. The van der Waals surface area contributed by atoms with E-state index >= 15 is 0 Å². The third kappa shape index (κ3) is 6.12. The average Bonchev–Trinajstić information content (AvgIpc) is 3.21. The van der Waals surface area contributed by atoms with Crippen molar-refractivity contribution >= 4 is 57.1 Å². The van der Waals surface area contributed by atoms with Crippen molar-refractivity contribution in [3.8, 4) is 0 Å². The molecule has 50 heavy (non-hydrogen) atoms. The summed E-state index contributed by atoms with van der Waals surface area (Å²) in [6.45, 7) is 0. The van der Waals surface area contributed by atoms with Crippen molar-refractivity contribution in [3.05, 3.63) is 230 Å². The molecule has 0 heterocycles. The third-order valence-electron chi connectivity index (χ3n) is 9.99. The van der Waals surface area contributed by atoms with E-state index in [0.717, 1.165) is 12.3 Å². The molecule has 0 bridgehead atoms. The lowest BCUT2D eigenvalue weighted by Crippen LogP contribution is -2.32. The van der Waals surface area contributed by atoms with E-state index in [1.807, 2.05) is 0 Å². The van der Waals surface area contributed by atoms with E-state index in [9.17, 15) is 0 Å². The van der Waals surface area contributed by atoms with Crippen molar-refractivity contribution in [2.24, 2.45) is 0 Å². The second-order valence-electron chi connectivity index (χ2n) is 13.0. The van der Waals surface area contributed by atoms with E-state index in [4.69, 9.17) is 0 Å². The smallest absolute Gasteiger partial charge is 0.0620 e. The molecule has 8 aromatic rings. The average molecular weight is 679 g/mol. The highest BCUT2D eigenvalue weighted by atomic mass is 31.2. The van der Waals surface area contributed by atoms with Crippen LogP contribution < -0.4 is 31.8 Å². The van der Waals surface area contributed by atoms with Gasteiger partial charge in [0.05, 0.1) is 12.3 Å². The maximum atomic E-state index is 2.47. The van der Waals surface area contributed by atoms with Crippen LogP contribution in [0.2, 0.25) is 0 Å². The second-order valence-corrected chi connectivity index (χ2v) is 19.9. The Morgan fingerprint density at radius 2 is 0.480 bits per heavy atom. The van der Waals surface area contributed by atoms with Gasteiger partial charge >= 0.3 is 0 Å². The van der Waals surface area contributed by atoms with E-state index < -0.39 is 14.5 Å². The largest absolute Gasteiger partial charge is 0.116 e. The monoisotopic (exact) mass is 678 g/mol. The molecule has 0 N–H and O–H groups in total. The number of hydrogen-bond acceptors (Lipinski definition) is 0. The Labute approximate surface area is 297 Å². The van der Waals surface area contributed by atoms with Gasteiger partial charge in [0, 0.05) is 0 Å². The first kappa shape index (κ1) is 32.1. The molecule has 240 valence electrons. The third-order valence-corrected chi connectivity index (χ3v) is 18.7. The van der Waals surface area contributed by atoms with Crippen LogP contribution in [0.5, 0.6) is 0 Å². The minimum Gasteiger partial charge on any atom is -0.0620 e. The summed E-state index contributed by atoms with van der Waals surface area (Å²) in [5.74, 6) is 0. The molecule has 8 aromatic carbocycles. The highest BCUT2D eigenvalue weighted by Crippen LogP contribution is 2.59. The quantitative estimate of drug-likeness (QED) is 0.126. The predicted molar refractivity (Wildman–Crippen MR) is 222 cm³/mol. The maximum Gasteiger partial charge on any atom is 0.116 e. The Balaban J connectivity index is 1.27. The fourth-order valence-electron chi connectivity index (χ4n) is 7.63. The molecule has 0 spiro atoms. The summed E-state index contributed by atoms with van der Waals surface area (Å²) >= 11 is 0. The Hall–Kier alpha value is -5.12. The van der Waals surface area contributed by atoms with Gasteiger partial charge in [-0.15, -0.1) is 0 Å². The molecule has 0 aliphatic carbocycles. The summed E-state index contributed by atoms with van der Waals surface area (Å²) in [7, 11) is -4.03. The van der Waals surface area contributed by atoms with Crippen LogP contribution in [0.15, 0.2) is 218 Å². The van der Waals surface area contributed by atoms with Crippen molar-refractivity contribution in [2.75, 3.05) is 0 Å². The standard InChI is InChI=1S/C48H40P2/c1-7-19-43(20-8-1)49(44-21-9-2-10-22-44,45-23-11-3-12-24-45)37-39-31-33-41-34-32-40(36-42(41)35-39)38-50(46-25-13-4-14-26-46,47-27-15-5-16-28-47)48-29-17-6-18-30-48/h1-36H,37-38H2/q+2. The highest BCUT2D eigenvalue weighted by molar-refractivity contribution is 7.95. The molecule has 0 saturated heterocycles. The summed E-state index contributed by atoms with van der Waals surface area (Å²) in [4.78, 5) is 0. The second kappa shape index (κ2) is 14.4. The molecule has 2 heteroatoms. The molecule has 0 unspecified atom stereocenters. The van der Waals surface area contributed by atoms with Gasteiger partial charge in [0.25, 0.3) is 0 Å². The van der Waals surface area contributed by atoms with Gasteiger partial charge in [-0.2, -0.15) is 0 Å². The molecule has 0 aliphatic rings. The van der Waals surface area contributed by atoms with Crippen LogP contribution in [0.4, 0.5) is 0 Å².